The molecule has 2 aliphatic rings. The van der Waals surface area contributed by atoms with Gasteiger partial charge in [-0.1, -0.05) is 35.9 Å². The standard InChI is InChI=1S/C46H49ClN8O12/c47-34-25-30(67-29-5-2-1-3-6-29)9-10-31(34)41(58)33-26-50-42-40(33)43(53-28-52-42)51-27-38(57)49-14-16-63-18-20-65-22-24-66-23-21-64-19-17-62-15-13-48-35-8-4-7-32-39(35)46(61)55(45(32)60)36-11-12-37(56)54-44(36)59/h1-10,25-26,28,36,48H,11-24,27H2,(H,49,57)(H,54,56,59)(H2,50,51,52,53). The van der Waals surface area contributed by atoms with E-state index in [9.17, 15) is 28.8 Å². The molecule has 2 aliphatic heterocycles. The van der Waals surface area contributed by atoms with Crippen LogP contribution in [-0.4, -0.2) is 147 Å². The smallest absolute Gasteiger partial charge is 0.264 e. The maximum absolute atomic E-state index is 13.6. The average molecular weight is 941 g/mol. The van der Waals surface area contributed by atoms with Gasteiger partial charge in [-0.05, 0) is 42.8 Å². The molecule has 4 heterocycles. The van der Waals surface area contributed by atoms with Crippen LogP contribution in [0.2, 0.25) is 5.02 Å². The Labute approximate surface area is 389 Å². The van der Waals surface area contributed by atoms with E-state index in [1.807, 2.05) is 30.3 Å². The zero-order chi connectivity index (χ0) is 47.0. The lowest BCUT2D eigenvalue weighted by Crippen LogP contribution is -2.54. The number of piperidine rings is 1. The number of H-pyrrole nitrogens is 1. The lowest BCUT2D eigenvalue weighted by atomic mass is 10.0. The molecule has 5 amide bonds. The summed E-state index contributed by atoms with van der Waals surface area (Å²) in [6.07, 6.45) is 3.00. The first-order valence-electron chi connectivity index (χ1n) is 21.6. The van der Waals surface area contributed by atoms with Crippen molar-refractivity contribution < 1.29 is 57.2 Å². The predicted octanol–water partition coefficient (Wildman–Crippen LogP) is 3.76. The number of amides is 5. The second kappa shape index (κ2) is 24.1. The molecule has 0 radical (unpaired) electrons. The molecule has 1 unspecified atom stereocenters. The summed E-state index contributed by atoms with van der Waals surface area (Å²) in [6.45, 7) is 3.97. The molecular formula is C46H49ClN8O12. The third kappa shape index (κ3) is 12.8. The molecule has 1 atom stereocenters. The number of anilines is 2. The lowest BCUT2D eigenvalue weighted by Gasteiger charge is -2.27. The quantitative estimate of drug-likeness (QED) is 0.0286. The van der Waals surface area contributed by atoms with Gasteiger partial charge in [-0.3, -0.25) is 39.0 Å². The van der Waals surface area contributed by atoms with Crippen LogP contribution in [0.1, 0.15) is 49.5 Å². The molecule has 0 aliphatic carbocycles. The van der Waals surface area contributed by atoms with E-state index in [1.165, 1.54) is 12.5 Å². The predicted molar refractivity (Wildman–Crippen MR) is 242 cm³/mol. The highest BCUT2D eigenvalue weighted by Gasteiger charge is 2.45. The molecule has 1 fully saturated rings. The molecule has 0 saturated carbocycles. The first-order valence-corrected chi connectivity index (χ1v) is 21.9. The number of imide groups is 2. The van der Waals surface area contributed by atoms with Crippen LogP contribution in [0.5, 0.6) is 11.5 Å². The number of hydrogen-bond donors (Lipinski definition) is 5. The summed E-state index contributed by atoms with van der Waals surface area (Å²) in [5.41, 5.74) is 1.82. The third-order valence-corrected chi connectivity index (χ3v) is 10.7. The fourth-order valence-corrected chi connectivity index (χ4v) is 7.44. The number of carbonyl (C=O) groups is 6. The molecule has 352 valence electrons. The maximum Gasteiger partial charge on any atom is 0.264 e. The maximum atomic E-state index is 13.6. The number of nitrogens with one attached hydrogen (secondary N) is 5. The number of rotatable bonds is 27. The number of ketones is 1. The Bertz CT molecular complexity index is 2560. The van der Waals surface area contributed by atoms with Crippen molar-refractivity contribution in [1.82, 2.24) is 30.5 Å². The van der Waals surface area contributed by atoms with Crippen molar-refractivity contribution in [1.29, 1.82) is 0 Å². The minimum atomic E-state index is -1.03. The highest BCUT2D eigenvalue weighted by molar-refractivity contribution is 6.36. The zero-order valence-corrected chi connectivity index (χ0v) is 37.1. The number of nitrogens with zero attached hydrogens (tertiary/aromatic N) is 3. The van der Waals surface area contributed by atoms with Gasteiger partial charge in [0.25, 0.3) is 11.8 Å². The monoisotopic (exact) mass is 940 g/mol. The van der Waals surface area contributed by atoms with Crippen LogP contribution in [0.25, 0.3) is 11.0 Å². The number of halogens is 1. The number of aromatic nitrogens is 3. The van der Waals surface area contributed by atoms with Crippen LogP contribution in [0, 0.1) is 0 Å². The van der Waals surface area contributed by atoms with Gasteiger partial charge >= 0.3 is 0 Å². The van der Waals surface area contributed by atoms with E-state index in [0.29, 0.717) is 100 Å². The molecular weight excluding hydrogens is 892 g/mol. The van der Waals surface area contributed by atoms with E-state index in [1.54, 1.807) is 36.4 Å². The van der Waals surface area contributed by atoms with Crippen molar-refractivity contribution in [3.63, 3.8) is 0 Å². The fourth-order valence-electron chi connectivity index (χ4n) is 7.18. The molecule has 2 aromatic heterocycles. The highest BCUT2D eigenvalue weighted by atomic mass is 35.5. The number of hydrogen-bond acceptors (Lipinski definition) is 16. The molecule has 5 aromatic rings. The Morgan fingerprint density at radius 1 is 0.731 bits per heavy atom. The van der Waals surface area contributed by atoms with E-state index in [-0.39, 0.29) is 71.5 Å². The van der Waals surface area contributed by atoms with Gasteiger partial charge < -0.3 is 49.4 Å². The summed E-state index contributed by atoms with van der Waals surface area (Å²) in [4.78, 5) is 88.7. The highest BCUT2D eigenvalue weighted by Crippen LogP contribution is 2.33. The Kier molecular flexibility index (Phi) is 17.3. The van der Waals surface area contributed by atoms with Gasteiger partial charge in [-0.2, -0.15) is 0 Å². The van der Waals surface area contributed by atoms with Crippen LogP contribution in [0.3, 0.4) is 0 Å². The van der Waals surface area contributed by atoms with E-state index < -0.39 is 29.7 Å². The Morgan fingerprint density at radius 2 is 1.42 bits per heavy atom. The number of ether oxygens (including phenoxy) is 6. The van der Waals surface area contributed by atoms with Crippen LogP contribution >= 0.6 is 11.6 Å². The van der Waals surface area contributed by atoms with Crippen LogP contribution in [0.15, 0.2) is 79.3 Å². The molecule has 20 nitrogen and oxygen atoms in total. The van der Waals surface area contributed by atoms with Crippen molar-refractivity contribution in [2.24, 2.45) is 0 Å². The number of carbonyl (C=O) groups excluding carboxylic acids is 6. The zero-order valence-electron chi connectivity index (χ0n) is 36.3. The van der Waals surface area contributed by atoms with Crippen molar-refractivity contribution in [3.8, 4) is 11.5 Å². The summed E-state index contributed by atoms with van der Waals surface area (Å²) in [6, 6.07) is 17.9. The molecule has 0 bridgehead atoms. The first-order chi connectivity index (χ1) is 32.7. The minimum absolute atomic E-state index is 0.0506. The second-order valence-corrected chi connectivity index (χ2v) is 15.3. The first kappa shape index (κ1) is 48.1. The third-order valence-electron chi connectivity index (χ3n) is 10.4. The summed E-state index contributed by atoms with van der Waals surface area (Å²) in [7, 11) is 0. The van der Waals surface area contributed by atoms with Gasteiger partial charge in [-0.25, -0.2) is 9.97 Å². The molecule has 67 heavy (non-hydrogen) atoms. The van der Waals surface area contributed by atoms with Crippen molar-refractivity contribution in [2.45, 2.75) is 18.9 Å². The Balaban J connectivity index is 0.681. The van der Waals surface area contributed by atoms with Crippen molar-refractivity contribution in [3.05, 3.63) is 107 Å². The normalized spacial score (nSPS) is 14.6. The van der Waals surface area contributed by atoms with E-state index >= 15 is 0 Å². The largest absolute Gasteiger partial charge is 0.457 e. The topological polar surface area (TPSA) is 251 Å². The van der Waals surface area contributed by atoms with E-state index in [4.69, 9.17) is 40.0 Å². The molecule has 1 saturated heterocycles. The van der Waals surface area contributed by atoms with Crippen LogP contribution in [0.4, 0.5) is 11.5 Å². The summed E-state index contributed by atoms with van der Waals surface area (Å²) in [5, 5.41) is 11.7. The number of aromatic amines is 1. The van der Waals surface area contributed by atoms with Crippen molar-refractivity contribution >= 4 is 69.5 Å². The second-order valence-electron chi connectivity index (χ2n) is 14.9. The molecule has 0 spiro atoms. The van der Waals surface area contributed by atoms with Gasteiger partial charge in [0.05, 0.1) is 99.7 Å². The SMILES string of the molecule is O=C(CNc1ncnc2[nH]cc(C(=O)c3ccc(Oc4ccccc4)cc3Cl)c12)NCCOCCOCCOCCOCCOCCNc1cccc2c1C(=O)N(C1CCC(=O)NC1=O)C2=O. The van der Waals surface area contributed by atoms with Gasteiger partial charge in [0.1, 0.15) is 35.3 Å². The van der Waals surface area contributed by atoms with Gasteiger partial charge in [0.15, 0.2) is 5.78 Å². The van der Waals surface area contributed by atoms with E-state index in [0.717, 1.165) is 4.90 Å². The van der Waals surface area contributed by atoms with Gasteiger partial charge in [0, 0.05) is 43.0 Å². The van der Waals surface area contributed by atoms with Crippen LogP contribution < -0.4 is 26.0 Å². The summed E-state index contributed by atoms with van der Waals surface area (Å²) >= 11 is 6.53. The molecule has 3 aromatic carbocycles. The minimum Gasteiger partial charge on any atom is -0.457 e. The molecule has 5 N–H and O–H groups in total. The molecule has 7 rings (SSSR count). The van der Waals surface area contributed by atoms with Crippen LogP contribution in [-0.2, 0) is 38.1 Å². The number of benzene rings is 3. The Morgan fingerprint density at radius 3 is 2.10 bits per heavy atom. The summed E-state index contributed by atoms with van der Waals surface area (Å²) < 4.78 is 33.6. The van der Waals surface area contributed by atoms with Gasteiger partial charge in [-0.15, -0.1) is 0 Å². The van der Waals surface area contributed by atoms with E-state index in [2.05, 4.69) is 36.2 Å². The molecule has 21 heteroatoms. The average Bonchev–Trinajstić information content (AvgIpc) is 3.88. The van der Waals surface area contributed by atoms with Crippen molar-refractivity contribution in [2.75, 3.05) is 96.3 Å². The van der Waals surface area contributed by atoms with Gasteiger partial charge in [0.2, 0.25) is 17.7 Å². The fraction of sp³-hybridized carbons (Fsp3) is 0.348. The number of para-hydroxylation sites is 1. The summed E-state index contributed by atoms with van der Waals surface area (Å²) in [5.74, 6) is -1.46. The number of fused-ring (bicyclic) bond motifs is 2. The lowest BCUT2D eigenvalue weighted by molar-refractivity contribution is -0.136. The Hall–Kier alpha value is -6.81.